The molecule has 0 spiro atoms. The zero-order chi connectivity index (χ0) is 18.7. The Morgan fingerprint density at radius 3 is 2.54 bits per heavy atom. The van der Waals surface area contributed by atoms with Crippen molar-refractivity contribution in [1.29, 1.82) is 0 Å². The van der Waals surface area contributed by atoms with Gasteiger partial charge in [-0.3, -0.25) is 14.2 Å². The van der Waals surface area contributed by atoms with Crippen LogP contribution >= 0.6 is 11.3 Å². The molecule has 0 bridgehead atoms. The fraction of sp³-hybridized carbons (Fsp3) is 0.316. The highest BCUT2D eigenvalue weighted by Gasteiger charge is 2.16. The number of hydrogen-bond donors (Lipinski definition) is 0. The molecular formula is C19H21N3O3S. The van der Waals surface area contributed by atoms with E-state index >= 15 is 0 Å². The molecule has 7 heteroatoms. The predicted octanol–water partition coefficient (Wildman–Crippen LogP) is 3.00. The van der Waals surface area contributed by atoms with Gasteiger partial charge in [0.1, 0.15) is 17.1 Å². The molecule has 0 radical (unpaired) electrons. The molecule has 3 aromatic rings. The average molecular weight is 371 g/mol. The molecule has 3 rings (SSSR count). The molecule has 6 nitrogen and oxygen atoms in total. The van der Waals surface area contributed by atoms with Gasteiger partial charge in [-0.2, -0.15) is 0 Å². The van der Waals surface area contributed by atoms with Gasteiger partial charge >= 0.3 is 0 Å². The van der Waals surface area contributed by atoms with Gasteiger partial charge in [0, 0.05) is 24.0 Å². The van der Waals surface area contributed by atoms with Gasteiger partial charge in [0.25, 0.3) is 5.56 Å². The second kappa shape index (κ2) is 7.70. The molecule has 2 aromatic heterocycles. The number of amides is 1. The molecule has 0 unspecified atom stereocenters. The standard InChI is InChI=1S/C19H21N3O3S/c1-4-21(5-2)16(23)10-22-12-20-18-17(19(22)24)15(11-26-18)13-6-8-14(25-3)9-7-13/h6-9,11-12H,4-5,10H2,1-3H3. The maximum atomic E-state index is 13.0. The number of nitrogens with zero attached hydrogens (tertiary/aromatic N) is 3. The Hall–Kier alpha value is -2.67. The van der Waals surface area contributed by atoms with Crippen LogP contribution in [0.25, 0.3) is 21.3 Å². The fourth-order valence-corrected chi connectivity index (χ4v) is 3.79. The summed E-state index contributed by atoms with van der Waals surface area (Å²) in [5.74, 6) is 0.674. The number of thiophene rings is 1. The first-order valence-electron chi connectivity index (χ1n) is 8.47. The van der Waals surface area contributed by atoms with Crippen molar-refractivity contribution >= 4 is 27.5 Å². The van der Waals surface area contributed by atoms with Crippen molar-refractivity contribution < 1.29 is 9.53 Å². The van der Waals surface area contributed by atoms with E-state index in [4.69, 9.17) is 4.74 Å². The minimum atomic E-state index is -0.192. The van der Waals surface area contributed by atoms with Crippen molar-refractivity contribution in [3.8, 4) is 16.9 Å². The third-order valence-corrected chi connectivity index (χ3v) is 5.27. The minimum Gasteiger partial charge on any atom is -0.497 e. The first kappa shape index (κ1) is 18.1. The molecule has 0 aliphatic carbocycles. The monoisotopic (exact) mass is 371 g/mol. The second-order valence-electron chi connectivity index (χ2n) is 5.80. The van der Waals surface area contributed by atoms with E-state index in [0.717, 1.165) is 16.9 Å². The zero-order valence-electron chi connectivity index (χ0n) is 15.1. The number of likely N-dealkylation sites (N-methyl/N-ethyl adjacent to an activating group) is 1. The molecule has 0 saturated heterocycles. The van der Waals surface area contributed by atoms with Crippen LogP contribution in [0.2, 0.25) is 0 Å². The summed E-state index contributed by atoms with van der Waals surface area (Å²) in [6.45, 7) is 5.09. The number of benzene rings is 1. The smallest absolute Gasteiger partial charge is 0.263 e. The van der Waals surface area contributed by atoms with Crippen LogP contribution in [-0.4, -0.2) is 40.6 Å². The lowest BCUT2D eigenvalue weighted by Crippen LogP contribution is -2.36. The van der Waals surface area contributed by atoms with Crippen molar-refractivity contribution in [2.45, 2.75) is 20.4 Å². The van der Waals surface area contributed by atoms with E-state index in [-0.39, 0.29) is 18.0 Å². The number of fused-ring (bicyclic) bond motifs is 1. The minimum absolute atomic E-state index is 0.00134. The van der Waals surface area contributed by atoms with E-state index in [0.29, 0.717) is 23.3 Å². The molecule has 0 atom stereocenters. The zero-order valence-corrected chi connectivity index (χ0v) is 15.9. The topological polar surface area (TPSA) is 64.4 Å². The molecule has 0 saturated carbocycles. The highest BCUT2D eigenvalue weighted by molar-refractivity contribution is 7.17. The van der Waals surface area contributed by atoms with Crippen molar-refractivity contribution in [3.63, 3.8) is 0 Å². The number of hydrogen-bond acceptors (Lipinski definition) is 5. The normalized spacial score (nSPS) is 10.9. The van der Waals surface area contributed by atoms with E-state index in [1.165, 1.54) is 22.2 Å². The lowest BCUT2D eigenvalue weighted by molar-refractivity contribution is -0.131. The number of ether oxygens (including phenoxy) is 1. The van der Waals surface area contributed by atoms with E-state index in [2.05, 4.69) is 4.98 Å². The third kappa shape index (κ3) is 3.35. The lowest BCUT2D eigenvalue weighted by atomic mass is 10.1. The Balaban J connectivity index is 2.02. The molecular weight excluding hydrogens is 350 g/mol. The van der Waals surface area contributed by atoms with Crippen molar-refractivity contribution in [2.24, 2.45) is 0 Å². The predicted molar refractivity (Wildman–Crippen MR) is 104 cm³/mol. The van der Waals surface area contributed by atoms with E-state index < -0.39 is 0 Å². The maximum Gasteiger partial charge on any atom is 0.263 e. The van der Waals surface area contributed by atoms with Crippen LogP contribution in [0.1, 0.15) is 13.8 Å². The molecule has 0 N–H and O–H groups in total. The number of carbonyl (C=O) groups is 1. The van der Waals surface area contributed by atoms with Gasteiger partial charge < -0.3 is 9.64 Å². The first-order chi connectivity index (χ1) is 12.6. The quantitative estimate of drug-likeness (QED) is 0.668. The number of carbonyl (C=O) groups excluding carboxylic acids is 1. The summed E-state index contributed by atoms with van der Waals surface area (Å²) in [7, 11) is 1.62. The molecule has 0 aliphatic heterocycles. The highest BCUT2D eigenvalue weighted by Crippen LogP contribution is 2.31. The Kier molecular flexibility index (Phi) is 5.37. The molecule has 0 aliphatic rings. The number of methoxy groups -OCH3 is 1. The third-order valence-electron chi connectivity index (χ3n) is 4.38. The summed E-state index contributed by atoms with van der Waals surface area (Å²) in [5, 5.41) is 2.48. The second-order valence-corrected chi connectivity index (χ2v) is 6.66. The average Bonchev–Trinajstić information content (AvgIpc) is 3.10. The SMILES string of the molecule is CCN(CC)C(=O)Cn1cnc2scc(-c3ccc(OC)cc3)c2c1=O. The van der Waals surface area contributed by atoms with Crippen molar-refractivity contribution in [1.82, 2.24) is 14.5 Å². The van der Waals surface area contributed by atoms with Crippen LogP contribution in [-0.2, 0) is 11.3 Å². The Bertz CT molecular complexity index is 972. The summed E-state index contributed by atoms with van der Waals surface area (Å²) < 4.78 is 6.58. The van der Waals surface area contributed by atoms with E-state index in [1.807, 2.05) is 43.5 Å². The van der Waals surface area contributed by atoms with Crippen LogP contribution in [0.3, 0.4) is 0 Å². The van der Waals surface area contributed by atoms with Crippen LogP contribution in [0, 0.1) is 0 Å². The number of aromatic nitrogens is 2. The van der Waals surface area contributed by atoms with Gasteiger partial charge in [0.05, 0.1) is 18.8 Å². The summed E-state index contributed by atoms with van der Waals surface area (Å²) in [6.07, 6.45) is 1.46. The number of rotatable bonds is 6. The fourth-order valence-electron chi connectivity index (χ4n) is 2.89. The van der Waals surface area contributed by atoms with Crippen LogP contribution in [0.4, 0.5) is 0 Å². The van der Waals surface area contributed by atoms with Crippen molar-refractivity contribution in [3.05, 3.63) is 46.3 Å². The molecule has 2 heterocycles. The lowest BCUT2D eigenvalue weighted by Gasteiger charge is -2.18. The summed E-state index contributed by atoms with van der Waals surface area (Å²) in [4.78, 5) is 32.1. The van der Waals surface area contributed by atoms with Gasteiger partial charge in [0.15, 0.2) is 0 Å². The molecule has 1 amide bonds. The summed E-state index contributed by atoms with van der Waals surface area (Å²) in [5.41, 5.74) is 1.56. The summed E-state index contributed by atoms with van der Waals surface area (Å²) >= 11 is 1.42. The van der Waals surface area contributed by atoms with Gasteiger partial charge in [0.2, 0.25) is 5.91 Å². The van der Waals surface area contributed by atoms with Gasteiger partial charge in [-0.25, -0.2) is 4.98 Å². The molecule has 1 aromatic carbocycles. The van der Waals surface area contributed by atoms with Crippen LogP contribution < -0.4 is 10.3 Å². The van der Waals surface area contributed by atoms with Crippen molar-refractivity contribution in [2.75, 3.05) is 20.2 Å². The van der Waals surface area contributed by atoms with Gasteiger partial charge in [-0.1, -0.05) is 12.1 Å². The molecule has 0 fully saturated rings. The first-order valence-corrected chi connectivity index (χ1v) is 9.35. The van der Waals surface area contributed by atoms with Gasteiger partial charge in [-0.15, -0.1) is 11.3 Å². The largest absolute Gasteiger partial charge is 0.497 e. The van der Waals surface area contributed by atoms with Gasteiger partial charge in [-0.05, 0) is 31.5 Å². The molecule has 136 valence electrons. The van der Waals surface area contributed by atoms with E-state index in [9.17, 15) is 9.59 Å². The summed E-state index contributed by atoms with van der Waals surface area (Å²) in [6, 6.07) is 7.55. The Morgan fingerprint density at radius 1 is 1.23 bits per heavy atom. The van der Waals surface area contributed by atoms with Crippen LogP contribution in [0.15, 0.2) is 40.8 Å². The van der Waals surface area contributed by atoms with E-state index in [1.54, 1.807) is 12.0 Å². The maximum absolute atomic E-state index is 13.0. The Labute approximate surface area is 155 Å². The highest BCUT2D eigenvalue weighted by atomic mass is 32.1. The Morgan fingerprint density at radius 2 is 1.92 bits per heavy atom. The molecule has 26 heavy (non-hydrogen) atoms. The van der Waals surface area contributed by atoms with Crippen LogP contribution in [0.5, 0.6) is 5.75 Å².